The molecule has 0 aliphatic carbocycles. The van der Waals surface area contributed by atoms with Crippen LogP contribution in [0.3, 0.4) is 0 Å². The number of ether oxygens (including phenoxy) is 2. The van der Waals surface area contributed by atoms with Crippen molar-refractivity contribution in [3.05, 3.63) is 59.7 Å². The molecule has 1 unspecified atom stereocenters. The maximum absolute atomic E-state index is 12.4. The summed E-state index contributed by atoms with van der Waals surface area (Å²) in [6, 6.07) is 15.7. The molecule has 0 bridgehead atoms. The van der Waals surface area contributed by atoms with Crippen LogP contribution in [0.5, 0.6) is 11.5 Å². The van der Waals surface area contributed by atoms with Crippen molar-refractivity contribution in [1.82, 2.24) is 0 Å². The van der Waals surface area contributed by atoms with E-state index in [0.717, 1.165) is 11.3 Å². The monoisotopic (exact) mass is 425 g/mol. The Morgan fingerprint density at radius 3 is 1.58 bits per heavy atom. The topological polar surface area (TPSA) is 61.5 Å². The molecular weight excluding hydrogens is 386 g/mol. The van der Waals surface area contributed by atoms with E-state index in [2.05, 4.69) is 53.7 Å². The van der Waals surface area contributed by atoms with Crippen molar-refractivity contribution in [2.75, 3.05) is 0 Å². The molecule has 2 rings (SSSR count). The molecule has 0 radical (unpaired) electrons. The van der Waals surface area contributed by atoms with E-state index in [1.807, 2.05) is 43.3 Å². The average Bonchev–Trinajstić information content (AvgIpc) is 2.68. The zero-order chi connectivity index (χ0) is 23.6. The summed E-state index contributed by atoms with van der Waals surface area (Å²) in [6.45, 7) is 18.3. The summed E-state index contributed by atoms with van der Waals surface area (Å²) in [4.78, 5) is 12.4. The molecular formula is C27H39NO3. The highest BCUT2D eigenvalue weighted by Gasteiger charge is 2.34. The molecule has 2 aromatic carbocycles. The molecule has 4 nitrogen and oxygen atoms in total. The van der Waals surface area contributed by atoms with E-state index in [4.69, 9.17) is 15.2 Å². The molecule has 2 N–H and O–H groups in total. The summed E-state index contributed by atoms with van der Waals surface area (Å²) in [5, 5.41) is 0. The smallest absolute Gasteiger partial charge is 0.318 e. The van der Waals surface area contributed by atoms with E-state index in [1.54, 1.807) is 13.8 Å². The first-order chi connectivity index (χ1) is 14.2. The Hall–Kier alpha value is -2.33. The van der Waals surface area contributed by atoms with Crippen molar-refractivity contribution in [2.24, 2.45) is 17.1 Å². The van der Waals surface area contributed by atoms with Gasteiger partial charge in [0.05, 0.1) is 5.41 Å². The number of hydrogen-bond acceptors (Lipinski definition) is 4. The highest BCUT2D eigenvalue weighted by molar-refractivity contribution is 5.79. The van der Waals surface area contributed by atoms with Crippen LogP contribution in [0.15, 0.2) is 48.5 Å². The fourth-order valence-electron chi connectivity index (χ4n) is 2.89. The molecule has 170 valence electrons. The van der Waals surface area contributed by atoms with E-state index >= 15 is 0 Å². The van der Waals surface area contributed by atoms with Crippen LogP contribution < -0.4 is 15.2 Å². The van der Waals surface area contributed by atoms with Crippen molar-refractivity contribution in [2.45, 2.75) is 79.4 Å². The number of carbonyl (C=O) groups excluding carboxylic acids is 1. The van der Waals surface area contributed by atoms with Crippen LogP contribution in [0.25, 0.3) is 0 Å². The van der Waals surface area contributed by atoms with Crippen LogP contribution in [0.2, 0.25) is 0 Å². The average molecular weight is 426 g/mol. The molecule has 2 aromatic rings. The summed E-state index contributed by atoms with van der Waals surface area (Å²) in [5.41, 5.74) is 7.06. The summed E-state index contributed by atoms with van der Waals surface area (Å²) in [7, 11) is 0. The van der Waals surface area contributed by atoms with Gasteiger partial charge in [-0.1, -0.05) is 52.0 Å². The minimum atomic E-state index is -0.744. The second kappa shape index (κ2) is 9.04. The highest BCUT2D eigenvalue weighted by atomic mass is 16.5. The van der Waals surface area contributed by atoms with Gasteiger partial charge in [0.15, 0.2) is 0 Å². The lowest BCUT2D eigenvalue weighted by molar-refractivity contribution is -0.144. The first kappa shape index (κ1) is 24.9. The zero-order valence-electron chi connectivity index (χ0n) is 20.6. The maximum Gasteiger partial charge on any atom is 0.318 e. The second-order valence-electron chi connectivity index (χ2n) is 10.4. The van der Waals surface area contributed by atoms with Crippen molar-refractivity contribution >= 4 is 5.97 Å². The third kappa shape index (κ3) is 5.68. The number of esters is 1. The Balaban J connectivity index is 2.16. The van der Waals surface area contributed by atoms with Crippen LogP contribution in [0.1, 0.15) is 73.4 Å². The van der Waals surface area contributed by atoms with Gasteiger partial charge in [0.1, 0.15) is 17.1 Å². The molecule has 0 saturated heterocycles. The molecule has 0 saturated carbocycles. The predicted molar refractivity (Wildman–Crippen MR) is 128 cm³/mol. The molecule has 0 heterocycles. The molecule has 1 atom stereocenters. The van der Waals surface area contributed by atoms with Gasteiger partial charge < -0.3 is 15.2 Å². The van der Waals surface area contributed by atoms with Crippen LogP contribution in [0.4, 0.5) is 0 Å². The van der Waals surface area contributed by atoms with Crippen LogP contribution in [-0.2, 0) is 10.2 Å². The van der Waals surface area contributed by atoms with Gasteiger partial charge in [0, 0.05) is 11.5 Å². The molecule has 0 amide bonds. The van der Waals surface area contributed by atoms with Crippen molar-refractivity contribution in [1.29, 1.82) is 0 Å². The number of rotatable bonds is 8. The molecule has 31 heavy (non-hydrogen) atoms. The van der Waals surface area contributed by atoms with Gasteiger partial charge in [-0.3, -0.25) is 4.79 Å². The zero-order valence-corrected chi connectivity index (χ0v) is 20.6. The SMILES string of the molecule is CC(C)C(C)(C)Oc1ccc(C(C)(C)c2ccc(OC(=O)C(C)(C)C(C)N)cc2)cc1. The van der Waals surface area contributed by atoms with Gasteiger partial charge in [-0.2, -0.15) is 0 Å². The number of nitrogens with two attached hydrogens (primary N) is 1. The third-order valence-corrected chi connectivity index (χ3v) is 6.80. The molecule has 0 aliphatic rings. The van der Waals surface area contributed by atoms with E-state index in [1.165, 1.54) is 5.56 Å². The Bertz CT molecular complexity index is 876. The van der Waals surface area contributed by atoms with Crippen molar-refractivity contribution in [3.63, 3.8) is 0 Å². The fourth-order valence-corrected chi connectivity index (χ4v) is 2.89. The second-order valence-corrected chi connectivity index (χ2v) is 10.4. The summed E-state index contributed by atoms with van der Waals surface area (Å²) >= 11 is 0. The van der Waals surface area contributed by atoms with Crippen molar-refractivity contribution < 1.29 is 14.3 Å². The van der Waals surface area contributed by atoms with Crippen molar-refractivity contribution in [3.8, 4) is 11.5 Å². The van der Waals surface area contributed by atoms with Gasteiger partial charge in [0.2, 0.25) is 0 Å². The molecule has 0 fully saturated rings. The Labute approximate surface area is 188 Å². The minimum absolute atomic E-state index is 0.209. The fraction of sp³-hybridized carbons (Fsp3) is 0.519. The van der Waals surface area contributed by atoms with Crippen LogP contribution in [0, 0.1) is 11.3 Å². The Kier molecular flexibility index (Phi) is 7.27. The summed E-state index contributed by atoms with van der Waals surface area (Å²) in [5.74, 6) is 1.49. The molecule has 0 aliphatic heterocycles. The normalized spacial score (nSPS) is 13.8. The van der Waals surface area contributed by atoms with Gasteiger partial charge in [0.25, 0.3) is 0 Å². The third-order valence-electron chi connectivity index (χ3n) is 6.80. The quantitative estimate of drug-likeness (QED) is 0.410. The van der Waals surface area contributed by atoms with Crippen LogP contribution >= 0.6 is 0 Å². The molecule has 0 aromatic heterocycles. The van der Waals surface area contributed by atoms with Gasteiger partial charge in [-0.25, -0.2) is 0 Å². The van der Waals surface area contributed by atoms with E-state index in [0.29, 0.717) is 11.7 Å². The van der Waals surface area contributed by atoms with Gasteiger partial charge in [-0.05, 0) is 75.9 Å². The minimum Gasteiger partial charge on any atom is -0.488 e. The lowest BCUT2D eigenvalue weighted by Gasteiger charge is -2.31. The number of hydrogen-bond donors (Lipinski definition) is 1. The standard InChI is InChI=1S/C27H39NO3/c1-18(2)27(8,9)31-23-16-12-21(13-17-23)26(6,7)20-10-14-22(15-11-20)30-24(29)25(4,5)19(3)28/h10-19H,28H2,1-9H3. The summed E-state index contributed by atoms with van der Waals surface area (Å²) in [6.07, 6.45) is 0. The highest BCUT2D eigenvalue weighted by Crippen LogP contribution is 2.34. The van der Waals surface area contributed by atoms with E-state index < -0.39 is 5.41 Å². The first-order valence-electron chi connectivity index (χ1n) is 11.1. The summed E-state index contributed by atoms with van der Waals surface area (Å²) < 4.78 is 11.7. The van der Waals surface area contributed by atoms with E-state index in [9.17, 15) is 4.79 Å². The largest absolute Gasteiger partial charge is 0.488 e. The maximum atomic E-state index is 12.4. The van der Waals surface area contributed by atoms with E-state index in [-0.39, 0.29) is 23.0 Å². The lowest BCUT2D eigenvalue weighted by Crippen LogP contribution is -2.43. The molecule has 0 spiro atoms. The van der Waals surface area contributed by atoms with Crippen LogP contribution in [-0.4, -0.2) is 17.6 Å². The Morgan fingerprint density at radius 2 is 1.19 bits per heavy atom. The van der Waals surface area contributed by atoms with Gasteiger partial charge >= 0.3 is 5.97 Å². The first-order valence-corrected chi connectivity index (χ1v) is 11.1. The Morgan fingerprint density at radius 1 is 0.774 bits per heavy atom. The predicted octanol–water partition coefficient (Wildman–Crippen LogP) is 6.10. The molecule has 4 heteroatoms. The number of benzene rings is 2. The lowest BCUT2D eigenvalue weighted by atomic mass is 9.78. The number of carbonyl (C=O) groups is 1. The van der Waals surface area contributed by atoms with Gasteiger partial charge in [-0.15, -0.1) is 0 Å².